The molecule has 0 radical (unpaired) electrons. The highest BCUT2D eigenvalue weighted by Crippen LogP contribution is 2.23. The zero-order valence-corrected chi connectivity index (χ0v) is 14.6. The number of hydrogen-bond acceptors (Lipinski definition) is 3. The molecule has 0 unspecified atom stereocenters. The predicted molar refractivity (Wildman–Crippen MR) is 96.9 cm³/mol. The normalized spacial score (nSPS) is 23.3. The minimum absolute atomic E-state index is 0.122. The van der Waals surface area contributed by atoms with E-state index in [9.17, 15) is 4.79 Å². The summed E-state index contributed by atoms with van der Waals surface area (Å²) < 4.78 is 2.17. The SMILES string of the molecule is O=C([C@@H]1CCn2cncc2C1)N1CCC[C@@H](NCc2ccccc2)C1. The summed E-state index contributed by atoms with van der Waals surface area (Å²) in [6.45, 7) is 3.52. The van der Waals surface area contributed by atoms with Crippen molar-refractivity contribution in [2.75, 3.05) is 13.1 Å². The van der Waals surface area contributed by atoms with E-state index < -0.39 is 0 Å². The van der Waals surface area contributed by atoms with Gasteiger partial charge in [-0.3, -0.25) is 4.79 Å². The van der Waals surface area contributed by atoms with Crippen LogP contribution in [-0.4, -0.2) is 39.5 Å². The van der Waals surface area contributed by atoms with Crippen LogP contribution in [0.5, 0.6) is 0 Å². The van der Waals surface area contributed by atoms with Crippen LogP contribution in [0.25, 0.3) is 0 Å². The lowest BCUT2D eigenvalue weighted by atomic mass is 9.93. The van der Waals surface area contributed by atoms with Crippen molar-refractivity contribution in [1.29, 1.82) is 0 Å². The molecule has 1 saturated heterocycles. The van der Waals surface area contributed by atoms with Gasteiger partial charge in [0, 0.05) is 56.5 Å². The number of likely N-dealkylation sites (tertiary alicyclic amines) is 1. The summed E-state index contributed by atoms with van der Waals surface area (Å²) in [4.78, 5) is 19.3. The topological polar surface area (TPSA) is 50.2 Å². The number of fused-ring (bicyclic) bond motifs is 1. The van der Waals surface area contributed by atoms with Gasteiger partial charge >= 0.3 is 0 Å². The largest absolute Gasteiger partial charge is 0.341 e. The summed E-state index contributed by atoms with van der Waals surface area (Å²) in [6, 6.07) is 10.9. The van der Waals surface area contributed by atoms with Crippen LogP contribution in [-0.2, 0) is 24.3 Å². The van der Waals surface area contributed by atoms with E-state index >= 15 is 0 Å². The Labute approximate surface area is 149 Å². The molecule has 2 atom stereocenters. The number of nitrogens with one attached hydrogen (secondary N) is 1. The Morgan fingerprint density at radius 2 is 2.08 bits per heavy atom. The lowest BCUT2D eigenvalue weighted by Crippen LogP contribution is -2.50. The van der Waals surface area contributed by atoms with Gasteiger partial charge in [-0.15, -0.1) is 0 Å². The van der Waals surface area contributed by atoms with Crippen molar-refractivity contribution in [3.63, 3.8) is 0 Å². The van der Waals surface area contributed by atoms with Crippen molar-refractivity contribution in [2.45, 2.75) is 44.8 Å². The van der Waals surface area contributed by atoms with E-state index in [-0.39, 0.29) is 5.92 Å². The number of aryl methyl sites for hydroxylation is 1. The quantitative estimate of drug-likeness (QED) is 0.930. The number of hydrogen-bond donors (Lipinski definition) is 1. The van der Waals surface area contributed by atoms with Gasteiger partial charge in [0.25, 0.3) is 0 Å². The molecule has 25 heavy (non-hydrogen) atoms. The monoisotopic (exact) mass is 338 g/mol. The molecule has 1 fully saturated rings. The van der Waals surface area contributed by atoms with Gasteiger partial charge in [-0.2, -0.15) is 0 Å². The first-order valence-corrected chi connectivity index (χ1v) is 9.34. The fourth-order valence-corrected chi connectivity index (χ4v) is 4.04. The molecule has 3 heterocycles. The summed E-state index contributed by atoms with van der Waals surface area (Å²) >= 11 is 0. The molecule has 1 amide bonds. The van der Waals surface area contributed by atoms with E-state index in [4.69, 9.17) is 0 Å². The number of benzene rings is 1. The second kappa shape index (κ2) is 7.40. The van der Waals surface area contributed by atoms with Gasteiger partial charge in [-0.05, 0) is 24.8 Å². The second-order valence-corrected chi connectivity index (χ2v) is 7.26. The molecule has 2 aliphatic heterocycles. The molecule has 4 rings (SSSR count). The third-order valence-corrected chi connectivity index (χ3v) is 5.49. The Morgan fingerprint density at radius 1 is 1.20 bits per heavy atom. The number of piperidine rings is 1. The Morgan fingerprint density at radius 3 is 2.96 bits per heavy atom. The van der Waals surface area contributed by atoms with Crippen molar-refractivity contribution in [3.8, 4) is 0 Å². The van der Waals surface area contributed by atoms with Crippen LogP contribution < -0.4 is 5.32 Å². The van der Waals surface area contributed by atoms with Gasteiger partial charge in [0.15, 0.2) is 0 Å². The minimum atomic E-state index is 0.122. The van der Waals surface area contributed by atoms with Gasteiger partial charge in [0.05, 0.1) is 6.33 Å². The van der Waals surface area contributed by atoms with Crippen LogP contribution in [0.1, 0.15) is 30.5 Å². The van der Waals surface area contributed by atoms with Crippen molar-refractivity contribution in [2.24, 2.45) is 5.92 Å². The maximum absolute atomic E-state index is 13.0. The number of nitrogens with zero attached hydrogens (tertiary/aromatic N) is 3. The fourth-order valence-electron chi connectivity index (χ4n) is 4.04. The zero-order valence-electron chi connectivity index (χ0n) is 14.6. The number of imidazole rings is 1. The van der Waals surface area contributed by atoms with E-state index in [1.54, 1.807) is 0 Å². The standard InChI is InChI=1S/C20H26N4O/c25-20(17-8-10-24-15-21-13-19(24)11-17)23-9-4-7-18(14-23)22-12-16-5-2-1-3-6-16/h1-3,5-6,13,15,17-18,22H,4,7-12,14H2/t17-,18-/m1/s1. The van der Waals surface area contributed by atoms with Crippen LogP contribution in [0.3, 0.4) is 0 Å². The highest BCUT2D eigenvalue weighted by Gasteiger charge is 2.31. The average Bonchev–Trinajstić information content (AvgIpc) is 3.14. The van der Waals surface area contributed by atoms with Crippen LogP contribution in [0.2, 0.25) is 0 Å². The number of carbonyl (C=O) groups is 1. The van der Waals surface area contributed by atoms with E-state index in [0.717, 1.165) is 51.9 Å². The molecule has 0 bridgehead atoms. The molecule has 1 aromatic heterocycles. The summed E-state index contributed by atoms with van der Waals surface area (Å²) in [6.07, 6.45) is 7.77. The maximum Gasteiger partial charge on any atom is 0.226 e. The second-order valence-electron chi connectivity index (χ2n) is 7.26. The average molecular weight is 338 g/mol. The van der Waals surface area contributed by atoms with Crippen molar-refractivity contribution >= 4 is 5.91 Å². The minimum Gasteiger partial charge on any atom is -0.341 e. The smallest absolute Gasteiger partial charge is 0.226 e. The zero-order chi connectivity index (χ0) is 17.1. The molecular formula is C20H26N4O. The number of rotatable bonds is 4. The third kappa shape index (κ3) is 3.76. The first-order chi connectivity index (χ1) is 12.3. The predicted octanol–water partition coefficient (Wildman–Crippen LogP) is 2.23. The van der Waals surface area contributed by atoms with Gasteiger partial charge in [0.1, 0.15) is 0 Å². The molecule has 0 aliphatic carbocycles. The summed E-state index contributed by atoms with van der Waals surface area (Å²) in [7, 11) is 0. The molecule has 5 nitrogen and oxygen atoms in total. The molecule has 5 heteroatoms. The Hall–Kier alpha value is -2.14. The van der Waals surface area contributed by atoms with Crippen molar-refractivity contribution < 1.29 is 4.79 Å². The molecule has 0 spiro atoms. The Bertz CT molecular complexity index is 711. The van der Waals surface area contributed by atoms with E-state index in [2.05, 4.69) is 44.0 Å². The number of aromatic nitrogens is 2. The number of amides is 1. The van der Waals surface area contributed by atoms with E-state index in [0.29, 0.717) is 11.9 Å². The lowest BCUT2D eigenvalue weighted by Gasteiger charge is -2.36. The molecular weight excluding hydrogens is 312 g/mol. The lowest BCUT2D eigenvalue weighted by molar-refractivity contribution is -0.137. The van der Waals surface area contributed by atoms with Gasteiger partial charge in [0.2, 0.25) is 5.91 Å². The molecule has 2 aromatic rings. The highest BCUT2D eigenvalue weighted by molar-refractivity contribution is 5.79. The maximum atomic E-state index is 13.0. The fraction of sp³-hybridized carbons (Fsp3) is 0.500. The first-order valence-electron chi connectivity index (χ1n) is 9.34. The Kier molecular flexibility index (Phi) is 4.83. The van der Waals surface area contributed by atoms with E-state index in [1.165, 1.54) is 11.3 Å². The van der Waals surface area contributed by atoms with Crippen LogP contribution in [0, 0.1) is 5.92 Å². The van der Waals surface area contributed by atoms with Crippen molar-refractivity contribution in [1.82, 2.24) is 19.8 Å². The summed E-state index contributed by atoms with van der Waals surface area (Å²) in [5, 5.41) is 3.63. The Balaban J connectivity index is 1.32. The van der Waals surface area contributed by atoms with Crippen LogP contribution >= 0.6 is 0 Å². The molecule has 0 saturated carbocycles. The van der Waals surface area contributed by atoms with Crippen LogP contribution in [0.4, 0.5) is 0 Å². The molecule has 132 valence electrons. The molecule has 2 aliphatic rings. The highest BCUT2D eigenvalue weighted by atomic mass is 16.2. The number of carbonyl (C=O) groups excluding carboxylic acids is 1. The first kappa shape index (κ1) is 16.3. The van der Waals surface area contributed by atoms with E-state index in [1.807, 2.05) is 18.6 Å². The van der Waals surface area contributed by atoms with Crippen molar-refractivity contribution in [3.05, 3.63) is 54.1 Å². The molecule has 1 aromatic carbocycles. The van der Waals surface area contributed by atoms with Gasteiger partial charge in [-0.1, -0.05) is 30.3 Å². The van der Waals surface area contributed by atoms with Gasteiger partial charge < -0.3 is 14.8 Å². The van der Waals surface area contributed by atoms with Crippen LogP contribution in [0.15, 0.2) is 42.9 Å². The summed E-state index contributed by atoms with van der Waals surface area (Å²) in [5.74, 6) is 0.454. The third-order valence-electron chi connectivity index (χ3n) is 5.49. The molecule has 1 N–H and O–H groups in total. The summed E-state index contributed by atoms with van der Waals surface area (Å²) in [5.41, 5.74) is 2.49. The van der Waals surface area contributed by atoms with Gasteiger partial charge in [-0.25, -0.2) is 4.98 Å².